The van der Waals surface area contributed by atoms with Crippen LogP contribution in [0.4, 0.5) is 0 Å². The van der Waals surface area contributed by atoms with E-state index in [9.17, 15) is 19.8 Å². The van der Waals surface area contributed by atoms with Gasteiger partial charge in [0.25, 0.3) is 0 Å². The monoisotopic (exact) mass is 1030 g/mol. The van der Waals surface area contributed by atoms with Crippen molar-refractivity contribution >= 4 is 11.9 Å². The number of carbonyl (C=O) groups is 2. The molecule has 3 N–H and O–H groups in total. The Bertz CT molecular complexity index is 1180. The molecule has 1 amide bonds. The number of rotatable bonds is 61. The fourth-order valence-corrected chi connectivity index (χ4v) is 10.2. The normalized spacial score (nSPS) is 12.8. The van der Waals surface area contributed by atoms with Crippen LogP contribution >= 0.6 is 0 Å². The number of ether oxygens (including phenoxy) is 1. The number of amides is 1. The summed E-state index contributed by atoms with van der Waals surface area (Å²) in [4.78, 5) is 24.5. The van der Waals surface area contributed by atoms with Crippen molar-refractivity contribution in [2.45, 2.75) is 366 Å². The van der Waals surface area contributed by atoms with Crippen LogP contribution in [0.1, 0.15) is 354 Å². The summed E-state index contributed by atoms with van der Waals surface area (Å²) in [6.07, 6.45) is 79.2. The van der Waals surface area contributed by atoms with Crippen molar-refractivity contribution in [2.75, 3.05) is 13.2 Å². The molecule has 0 spiro atoms. The third kappa shape index (κ3) is 59.2. The van der Waals surface area contributed by atoms with Gasteiger partial charge in [-0.2, -0.15) is 0 Å². The molecule has 0 bridgehead atoms. The van der Waals surface area contributed by atoms with Crippen LogP contribution in [-0.2, 0) is 14.3 Å². The predicted octanol–water partition coefficient (Wildman–Crippen LogP) is 20.8. The number of allylic oxidation sites excluding steroid dienone is 4. The van der Waals surface area contributed by atoms with Crippen molar-refractivity contribution < 1.29 is 24.5 Å². The summed E-state index contributed by atoms with van der Waals surface area (Å²) >= 11 is 0. The first-order valence-electron chi connectivity index (χ1n) is 32.8. The molecule has 430 valence electrons. The minimum Gasteiger partial charge on any atom is -0.465 e. The van der Waals surface area contributed by atoms with Crippen LogP contribution in [0.25, 0.3) is 0 Å². The second-order valence-corrected chi connectivity index (χ2v) is 22.5. The fraction of sp³-hybridized carbons (Fsp3) is 0.881. The van der Waals surface area contributed by atoms with Gasteiger partial charge in [-0.15, -0.1) is 0 Å². The van der Waals surface area contributed by atoms with E-state index in [1.165, 1.54) is 276 Å². The van der Waals surface area contributed by atoms with Crippen LogP contribution in [-0.4, -0.2) is 47.4 Å². The maximum atomic E-state index is 12.5. The van der Waals surface area contributed by atoms with E-state index in [-0.39, 0.29) is 18.5 Å². The van der Waals surface area contributed by atoms with Crippen molar-refractivity contribution in [3.63, 3.8) is 0 Å². The second kappa shape index (κ2) is 62.6. The summed E-state index contributed by atoms with van der Waals surface area (Å²) < 4.78 is 5.43. The van der Waals surface area contributed by atoms with Crippen molar-refractivity contribution in [3.05, 3.63) is 36.5 Å². The summed E-state index contributed by atoms with van der Waals surface area (Å²) in [5.74, 6) is -0.102. The molecule has 0 aromatic carbocycles. The molecule has 0 heterocycles. The molecule has 6 nitrogen and oxygen atoms in total. The van der Waals surface area contributed by atoms with Crippen LogP contribution in [0.2, 0.25) is 0 Å². The van der Waals surface area contributed by atoms with Gasteiger partial charge < -0.3 is 20.3 Å². The Labute approximate surface area is 455 Å². The average Bonchev–Trinajstić information content (AvgIpc) is 3.39. The summed E-state index contributed by atoms with van der Waals surface area (Å²) in [6, 6.07) is -0.633. The molecular weight excluding hydrogens is 899 g/mol. The maximum Gasteiger partial charge on any atom is 0.305 e. The molecule has 73 heavy (non-hydrogen) atoms. The van der Waals surface area contributed by atoms with E-state index in [2.05, 4.69) is 43.5 Å². The first kappa shape index (κ1) is 71.1. The molecule has 0 fully saturated rings. The van der Waals surface area contributed by atoms with Crippen molar-refractivity contribution in [2.24, 2.45) is 0 Å². The standard InChI is InChI=1S/C67H127NO5/c1-3-5-7-9-11-13-15-17-19-21-25-28-31-35-39-43-47-51-55-59-65(70)64(63-69)68-66(71)60-56-52-48-44-40-36-32-29-26-23-22-24-27-30-34-38-42-46-50-54-58-62-73-67(72)61-57-53-49-45-41-37-33-20-18-16-14-12-10-8-6-4-2/h38,42,50,54-55,59,64-65,69-70H,3-37,39-41,43-49,51-53,56-58,60-63H2,1-2H3,(H,68,71)/b42-38-,54-50-,59-55+. The third-order valence-corrected chi connectivity index (χ3v) is 15.2. The minimum absolute atomic E-state index is 0.0320. The van der Waals surface area contributed by atoms with Gasteiger partial charge in [0.2, 0.25) is 5.91 Å². The van der Waals surface area contributed by atoms with Crippen molar-refractivity contribution in [3.8, 4) is 0 Å². The smallest absolute Gasteiger partial charge is 0.305 e. The number of aliphatic hydroxyl groups is 2. The molecule has 0 aliphatic heterocycles. The first-order chi connectivity index (χ1) is 36.0. The molecule has 6 heteroatoms. The van der Waals surface area contributed by atoms with Crippen molar-refractivity contribution in [1.29, 1.82) is 0 Å². The zero-order valence-electron chi connectivity index (χ0n) is 49.1. The van der Waals surface area contributed by atoms with Gasteiger partial charge in [0.1, 0.15) is 0 Å². The molecule has 2 atom stereocenters. The molecule has 0 aromatic heterocycles. The van der Waals surface area contributed by atoms with Crippen LogP contribution in [0, 0.1) is 0 Å². The van der Waals surface area contributed by atoms with Gasteiger partial charge in [0.15, 0.2) is 0 Å². The Hall–Kier alpha value is -1.92. The van der Waals surface area contributed by atoms with E-state index >= 15 is 0 Å². The lowest BCUT2D eigenvalue weighted by molar-refractivity contribution is -0.143. The lowest BCUT2D eigenvalue weighted by Gasteiger charge is -2.20. The van der Waals surface area contributed by atoms with Gasteiger partial charge in [-0.3, -0.25) is 9.59 Å². The number of aliphatic hydroxyl groups excluding tert-OH is 2. The first-order valence-corrected chi connectivity index (χ1v) is 32.8. The zero-order valence-corrected chi connectivity index (χ0v) is 49.1. The highest BCUT2D eigenvalue weighted by Crippen LogP contribution is 2.18. The van der Waals surface area contributed by atoms with Crippen LogP contribution in [0.5, 0.6) is 0 Å². The van der Waals surface area contributed by atoms with E-state index in [4.69, 9.17) is 4.74 Å². The Kier molecular flexibility index (Phi) is 61.0. The van der Waals surface area contributed by atoms with Gasteiger partial charge >= 0.3 is 5.97 Å². The molecule has 0 aliphatic rings. The Morgan fingerprint density at radius 3 is 1.04 bits per heavy atom. The molecule has 0 saturated carbocycles. The summed E-state index contributed by atoms with van der Waals surface area (Å²) in [6.45, 7) is 4.82. The molecule has 0 radical (unpaired) electrons. The van der Waals surface area contributed by atoms with E-state index in [1.807, 2.05) is 6.08 Å². The van der Waals surface area contributed by atoms with Gasteiger partial charge in [-0.05, 0) is 51.4 Å². The number of nitrogens with one attached hydrogen (secondary N) is 1. The lowest BCUT2D eigenvalue weighted by Crippen LogP contribution is -2.45. The maximum absolute atomic E-state index is 12.5. The quantitative estimate of drug-likeness (QED) is 0.0320. The van der Waals surface area contributed by atoms with Gasteiger partial charge in [-0.1, -0.05) is 326 Å². The molecule has 0 aromatic rings. The van der Waals surface area contributed by atoms with E-state index < -0.39 is 12.1 Å². The Morgan fingerprint density at radius 2 is 0.685 bits per heavy atom. The highest BCUT2D eigenvalue weighted by molar-refractivity contribution is 5.76. The average molecular weight is 1030 g/mol. The number of hydrogen-bond donors (Lipinski definition) is 3. The number of hydrogen-bond acceptors (Lipinski definition) is 5. The predicted molar refractivity (Wildman–Crippen MR) is 319 cm³/mol. The molecule has 2 unspecified atom stereocenters. The summed E-state index contributed by atoms with van der Waals surface area (Å²) in [5.41, 5.74) is 0. The zero-order chi connectivity index (χ0) is 52.9. The Morgan fingerprint density at radius 1 is 0.384 bits per heavy atom. The van der Waals surface area contributed by atoms with Crippen LogP contribution < -0.4 is 5.32 Å². The van der Waals surface area contributed by atoms with Crippen LogP contribution in [0.15, 0.2) is 36.5 Å². The van der Waals surface area contributed by atoms with Crippen molar-refractivity contribution in [1.82, 2.24) is 5.32 Å². The second-order valence-electron chi connectivity index (χ2n) is 22.5. The van der Waals surface area contributed by atoms with Crippen LogP contribution in [0.3, 0.4) is 0 Å². The lowest BCUT2D eigenvalue weighted by atomic mass is 10.0. The number of esters is 1. The SMILES string of the molecule is CCCCCCCCCCCCCCCCCCC/C=C/C(O)C(CO)NC(=O)CCCCCCCCCCCCCCCC/C=C\C/C=C\CCOC(=O)CCCCCCCCCCCCCCCCCC. The molecule has 0 rings (SSSR count). The summed E-state index contributed by atoms with van der Waals surface area (Å²) in [7, 11) is 0. The fourth-order valence-electron chi connectivity index (χ4n) is 10.2. The highest BCUT2D eigenvalue weighted by atomic mass is 16.5. The Balaban J connectivity index is 3.47. The van der Waals surface area contributed by atoms with Gasteiger partial charge in [-0.25, -0.2) is 0 Å². The number of carbonyl (C=O) groups excluding carboxylic acids is 2. The topological polar surface area (TPSA) is 95.9 Å². The van der Waals surface area contributed by atoms with E-state index in [1.54, 1.807) is 6.08 Å². The summed E-state index contributed by atoms with van der Waals surface area (Å²) in [5, 5.41) is 23.2. The van der Waals surface area contributed by atoms with Gasteiger partial charge in [0.05, 0.1) is 25.4 Å². The third-order valence-electron chi connectivity index (χ3n) is 15.2. The van der Waals surface area contributed by atoms with Gasteiger partial charge in [0, 0.05) is 12.8 Å². The van der Waals surface area contributed by atoms with E-state index in [0.717, 1.165) is 51.4 Å². The molecular formula is C67H127NO5. The molecule has 0 saturated heterocycles. The minimum atomic E-state index is -0.849. The largest absolute Gasteiger partial charge is 0.465 e. The van der Waals surface area contributed by atoms with E-state index in [0.29, 0.717) is 19.4 Å². The highest BCUT2D eigenvalue weighted by Gasteiger charge is 2.18. The number of unbranched alkanes of at least 4 members (excludes halogenated alkanes) is 46. The molecule has 0 aliphatic carbocycles.